The zero-order chi connectivity index (χ0) is 17.2. The number of aromatic nitrogens is 2. The third-order valence-corrected chi connectivity index (χ3v) is 5.58. The lowest BCUT2D eigenvalue weighted by atomic mass is 9.99. The Labute approximate surface area is 152 Å². The fraction of sp³-hybridized carbons (Fsp3) is 0.176. The lowest BCUT2D eigenvalue weighted by Gasteiger charge is -2.37. The highest BCUT2D eigenvalue weighted by atomic mass is 32.1. The lowest BCUT2D eigenvalue weighted by Crippen LogP contribution is -2.54. The number of nitrogens with one attached hydrogen (secondary N) is 1. The maximum absolute atomic E-state index is 12.3. The van der Waals surface area contributed by atoms with E-state index in [1.165, 1.54) is 22.7 Å². The van der Waals surface area contributed by atoms with Gasteiger partial charge in [0.05, 0.1) is 16.5 Å². The van der Waals surface area contributed by atoms with E-state index in [0.29, 0.717) is 23.1 Å². The molecule has 0 saturated carbocycles. The van der Waals surface area contributed by atoms with E-state index < -0.39 is 0 Å². The highest BCUT2D eigenvalue weighted by molar-refractivity contribution is 7.14. The molecular formula is C17H14N4O2S2. The standard InChI is InChI=1S/C17H14N4O2S2/c22-15(12-8-21(9-12)16(23)14-4-2-6-24-14)20-17-19-13(10-25-17)11-3-1-5-18-7-11/h1-7,10,12H,8-9H2,(H,19,20,22). The van der Waals surface area contributed by atoms with Gasteiger partial charge in [0.15, 0.2) is 5.13 Å². The van der Waals surface area contributed by atoms with Crippen LogP contribution >= 0.6 is 22.7 Å². The molecule has 0 unspecified atom stereocenters. The average Bonchev–Trinajstić information content (AvgIpc) is 3.26. The van der Waals surface area contributed by atoms with Crippen molar-refractivity contribution >= 4 is 39.6 Å². The summed E-state index contributed by atoms with van der Waals surface area (Å²) in [6.07, 6.45) is 3.44. The summed E-state index contributed by atoms with van der Waals surface area (Å²) in [7, 11) is 0. The van der Waals surface area contributed by atoms with Crippen molar-refractivity contribution in [1.82, 2.24) is 14.9 Å². The van der Waals surface area contributed by atoms with Gasteiger partial charge < -0.3 is 10.2 Å². The molecule has 1 saturated heterocycles. The molecule has 6 nitrogen and oxygen atoms in total. The molecule has 0 atom stereocenters. The normalized spacial score (nSPS) is 14.2. The second-order valence-electron chi connectivity index (χ2n) is 5.65. The minimum Gasteiger partial charge on any atom is -0.336 e. The number of thiophene rings is 1. The predicted molar refractivity (Wildman–Crippen MR) is 97.7 cm³/mol. The van der Waals surface area contributed by atoms with E-state index in [1.54, 1.807) is 23.4 Å². The molecule has 8 heteroatoms. The molecule has 25 heavy (non-hydrogen) atoms. The van der Waals surface area contributed by atoms with Crippen LogP contribution in [0.2, 0.25) is 0 Å². The van der Waals surface area contributed by atoms with Gasteiger partial charge in [-0.05, 0) is 23.6 Å². The van der Waals surface area contributed by atoms with Crippen molar-refractivity contribution in [3.63, 3.8) is 0 Å². The van der Waals surface area contributed by atoms with Crippen LogP contribution in [0.25, 0.3) is 11.3 Å². The number of amides is 2. The van der Waals surface area contributed by atoms with Crippen LogP contribution in [0.5, 0.6) is 0 Å². The largest absolute Gasteiger partial charge is 0.336 e. The summed E-state index contributed by atoms with van der Waals surface area (Å²) in [5.74, 6) is -0.288. The van der Waals surface area contributed by atoms with Crippen molar-refractivity contribution in [3.05, 3.63) is 52.3 Å². The highest BCUT2D eigenvalue weighted by Gasteiger charge is 2.36. The molecule has 1 N–H and O–H groups in total. The summed E-state index contributed by atoms with van der Waals surface area (Å²) in [5, 5.41) is 7.17. The molecule has 1 fully saturated rings. The summed E-state index contributed by atoms with van der Waals surface area (Å²) >= 11 is 2.80. The second kappa shape index (κ2) is 6.73. The zero-order valence-corrected chi connectivity index (χ0v) is 14.7. The highest BCUT2D eigenvalue weighted by Crippen LogP contribution is 2.26. The van der Waals surface area contributed by atoms with Gasteiger partial charge in [-0.1, -0.05) is 6.07 Å². The monoisotopic (exact) mass is 370 g/mol. The molecule has 4 rings (SSSR count). The summed E-state index contributed by atoms with van der Waals surface area (Å²) < 4.78 is 0. The van der Waals surface area contributed by atoms with E-state index in [0.717, 1.165) is 11.3 Å². The Bertz CT molecular complexity index is 887. The van der Waals surface area contributed by atoms with Gasteiger partial charge in [0.2, 0.25) is 5.91 Å². The van der Waals surface area contributed by atoms with Gasteiger partial charge in [-0.2, -0.15) is 0 Å². The first-order valence-corrected chi connectivity index (χ1v) is 9.46. The zero-order valence-electron chi connectivity index (χ0n) is 13.1. The molecule has 0 aromatic carbocycles. The number of carbonyl (C=O) groups is 2. The Morgan fingerprint density at radius 3 is 2.80 bits per heavy atom. The number of nitrogens with zero attached hydrogens (tertiary/aromatic N) is 3. The summed E-state index contributed by atoms with van der Waals surface area (Å²) in [6.45, 7) is 0.896. The van der Waals surface area contributed by atoms with Crippen LogP contribution in [-0.2, 0) is 4.79 Å². The molecule has 0 spiro atoms. The van der Waals surface area contributed by atoms with Gasteiger partial charge in [-0.25, -0.2) is 4.98 Å². The molecular weight excluding hydrogens is 356 g/mol. The Morgan fingerprint density at radius 1 is 1.20 bits per heavy atom. The van der Waals surface area contributed by atoms with E-state index in [9.17, 15) is 9.59 Å². The third-order valence-electron chi connectivity index (χ3n) is 3.96. The fourth-order valence-electron chi connectivity index (χ4n) is 2.55. The van der Waals surface area contributed by atoms with Crippen molar-refractivity contribution in [1.29, 1.82) is 0 Å². The van der Waals surface area contributed by atoms with Crippen LogP contribution in [0, 0.1) is 5.92 Å². The number of likely N-dealkylation sites (tertiary alicyclic amines) is 1. The second-order valence-corrected chi connectivity index (χ2v) is 7.46. The van der Waals surface area contributed by atoms with Gasteiger partial charge in [0.25, 0.3) is 5.91 Å². The maximum atomic E-state index is 12.3. The Balaban J connectivity index is 1.33. The molecule has 4 heterocycles. The van der Waals surface area contributed by atoms with E-state index in [4.69, 9.17) is 0 Å². The maximum Gasteiger partial charge on any atom is 0.263 e. The molecule has 3 aromatic rings. The molecule has 0 radical (unpaired) electrons. The number of carbonyl (C=O) groups excluding carboxylic acids is 2. The number of anilines is 1. The number of pyridine rings is 1. The fourth-order valence-corrected chi connectivity index (χ4v) is 3.97. The number of thiazole rings is 1. The minimum absolute atomic E-state index is 0.00726. The van der Waals surface area contributed by atoms with Crippen LogP contribution < -0.4 is 5.32 Å². The van der Waals surface area contributed by atoms with E-state index in [1.807, 2.05) is 29.0 Å². The Morgan fingerprint density at radius 2 is 2.08 bits per heavy atom. The van der Waals surface area contributed by atoms with E-state index >= 15 is 0 Å². The molecule has 0 bridgehead atoms. The smallest absolute Gasteiger partial charge is 0.263 e. The van der Waals surface area contributed by atoms with Crippen LogP contribution in [0.15, 0.2) is 47.4 Å². The van der Waals surface area contributed by atoms with Crippen molar-refractivity contribution in [2.75, 3.05) is 18.4 Å². The molecule has 1 aliphatic heterocycles. The topological polar surface area (TPSA) is 75.2 Å². The van der Waals surface area contributed by atoms with Gasteiger partial charge in [-0.3, -0.25) is 14.6 Å². The summed E-state index contributed by atoms with van der Waals surface area (Å²) in [5.41, 5.74) is 1.70. The summed E-state index contributed by atoms with van der Waals surface area (Å²) in [4.78, 5) is 35.4. The number of hydrogen-bond donors (Lipinski definition) is 1. The van der Waals surface area contributed by atoms with Crippen LogP contribution in [0.3, 0.4) is 0 Å². The Hall–Kier alpha value is -2.58. The van der Waals surface area contributed by atoms with Crippen molar-refractivity contribution in [2.24, 2.45) is 5.92 Å². The first kappa shape index (κ1) is 15.9. The first-order valence-electron chi connectivity index (χ1n) is 7.70. The van der Waals surface area contributed by atoms with Crippen LogP contribution in [0.1, 0.15) is 9.67 Å². The van der Waals surface area contributed by atoms with E-state index in [2.05, 4.69) is 15.3 Å². The average molecular weight is 370 g/mol. The molecule has 3 aromatic heterocycles. The SMILES string of the molecule is O=C(Nc1nc(-c2cccnc2)cs1)C1CN(C(=O)c2cccs2)C1. The van der Waals surface area contributed by atoms with Gasteiger partial charge in [0, 0.05) is 36.4 Å². The van der Waals surface area contributed by atoms with Gasteiger partial charge in [-0.15, -0.1) is 22.7 Å². The van der Waals surface area contributed by atoms with Gasteiger partial charge in [0.1, 0.15) is 0 Å². The Kier molecular flexibility index (Phi) is 4.29. The number of rotatable bonds is 4. The van der Waals surface area contributed by atoms with Crippen molar-refractivity contribution < 1.29 is 9.59 Å². The van der Waals surface area contributed by atoms with Gasteiger partial charge >= 0.3 is 0 Å². The number of hydrogen-bond acceptors (Lipinski definition) is 6. The first-order chi connectivity index (χ1) is 12.2. The van der Waals surface area contributed by atoms with Crippen molar-refractivity contribution in [3.8, 4) is 11.3 Å². The van der Waals surface area contributed by atoms with Crippen LogP contribution in [0.4, 0.5) is 5.13 Å². The molecule has 0 aliphatic carbocycles. The molecule has 126 valence electrons. The van der Waals surface area contributed by atoms with Crippen molar-refractivity contribution in [2.45, 2.75) is 0 Å². The summed E-state index contributed by atoms with van der Waals surface area (Å²) in [6, 6.07) is 7.42. The minimum atomic E-state index is -0.186. The molecule has 1 aliphatic rings. The molecule has 2 amide bonds. The third kappa shape index (κ3) is 3.31. The predicted octanol–water partition coefficient (Wildman–Crippen LogP) is 2.98. The lowest BCUT2D eigenvalue weighted by molar-refractivity contribution is -0.123. The quantitative estimate of drug-likeness (QED) is 0.766. The van der Waals surface area contributed by atoms with Crippen LogP contribution in [-0.4, -0.2) is 39.8 Å². The van der Waals surface area contributed by atoms with E-state index in [-0.39, 0.29) is 17.7 Å².